The van der Waals surface area contributed by atoms with Crippen molar-refractivity contribution in [1.82, 2.24) is 14.5 Å². The van der Waals surface area contributed by atoms with Crippen LogP contribution in [0.15, 0.2) is 54.5 Å². The Morgan fingerprint density at radius 2 is 1.97 bits per heavy atom. The number of nitrogens with zero attached hydrogens (tertiary/aromatic N) is 4. The number of amides is 2. The van der Waals surface area contributed by atoms with Gasteiger partial charge < -0.3 is 14.2 Å². The summed E-state index contributed by atoms with van der Waals surface area (Å²) in [5.41, 5.74) is 0.132. The lowest BCUT2D eigenvalue weighted by atomic mass is 10.1. The average molecular weight is 563 g/mol. The molecule has 0 atom stereocenters. The van der Waals surface area contributed by atoms with Gasteiger partial charge in [-0.15, -0.1) is 0 Å². The van der Waals surface area contributed by atoms with Crippen molar-refractivity contribution in [2.45, 2.75) is 39.0 Å². The SMILES string of the molecule is CCOC(=O)/C(=C/N(C)c1ccc2c(c1)ncn2CC1CC1)C(=O)N(C=O)Cc1cccc(Cl)c1C(F)(F)F. The van der Waals surface area contributed by atoms with Gasteiger partial charge in [0.15, 0.2) is 0 Å². The van der Waals surface area contributed by atoms with Gasteiger partial charge in [0.25, 0.3) is 5.91 Å². The van der Waals surface area contributed by atoms with Gasteiger partial charge in [-0.25, -0.2) is 9.78 Å². The number of rotatable bonds is 10. The monoisotopic (exact) mass is 562 g/mol. The van der Waals surface area contributed by atoms with E-state index in [1.165, 1.54) is 36.9 Å². The van der Waals surface area contributed by atoms with Gasteiger partial charge in [-0.05, 0) is 55.5 Å². The number of anilines is 1. The standard InChI is InChI=1S/C27H26ClF3N4O4/c1-3-39-26(38)20(25(37)35(16-36)13-18-5-4-6-21(28)24(18)27(29,30)31)14-33(2)19-9-10-23-22(11-19)32-15-34(23)12-17-7-8-17/h4-6,9-11,14-17H,3,7-8,12-13H2,1-2H3/b20-14+. The van der Waals surface area contributed by atoms with Gasteiger partial charge in [-0.2, -0.15) is 13.2 Å². The third-order valence-corrected chi connectivity index (χ3v) is 6.64. The highest BCUT2D eigenvalue weighted by molar-refractivity contribution is 6.31. The summed E-state index contributed by atoms with van der Waals surface area (Å²) in [4.78, 5) is 44.3. The van der Waals surface area contributed by atoms with Gasteiger partial charge >= 0.3 is 12.1 Å². The number of imide groups is 1. The van der Waals surface area contributed by atoms with Gasteiger partial charge in [-0.3, -0.25) is 14.5 Å². The average Bonchev–Trinajstić information content (AvgIpc) is 3.62. The molecule has 0 radical (unpaired) electrons. The molecule has 0 spiro atoms. The Labute approximate surface area is 227 Å². The van der Waals surface area contributed by atoms with Crippen LogP contribution >= 0.6 is 11.6 Å². The largest absolute Gasteiger partial charge is 0.462 e. The highest BCUT2D eigenvalue weighted by Gasteiger charge is 2.37. The fraction of sp³-hybridized carbons (Fsp3) is 0.333. The number of imidazole rings is 1. The normalized spacial score (nSPS) is 13.8. The summed E-state index contributed by atoms with van der Waals surface area (Å²) in [5, 5.41) is -0.575. The Morgan fingerprint density at radius 1 is 1.23 bits per heavy atom. The third kappa shape index (κ3) is 6.42. The minimum absolute atomic E-state index is 0.0643. The van der Waals surface area contributed by atoms with Crippen LogP contribution in [0.1, 0.15) is 30.9 Å². The van der Waals surface area contributed by atoms with Crippen LogP contribution in [0.2, 0.25) is 5.02 Å². The number of ether oxygens (including phenoxy) is 1. The van der Waals surface area contributed by atoms with E-state index in [0.29, 0.717) is 22.0 Å². The third-order valence-electron chi connectivity index (χ3n) is 6.32. The highest BCUT2D eigenvalue weighted by Crippen LogP contribution is 2.37. The second-order valence-corrected chi connectivity index (χ2v) is 9.60. The van der Waals surface area contributed by atoms with Gasteiger partial charge in [0.1, 0.15) is 5.57 Å². The van der Waals surface area contributed by atoms with E-state index in [1.54, 1.807) is 25.5 Å². The number of hydrogen-bond acceptors (Lipinski definition) is 6. The zero-order valence-electron chi connectivity index (χ0n) is 21.2. The van der Waals surface area contributed by atoms with Gasteiger partial charge in [0.2, 0.25) is 6.41 Å². The predicted octanol–water partition coefficient (Wildman–Crippen LogP) is 5.19. The van der Waals surface area contributed by atoms with Crippen LogP contribution in [0.5, 0.6) is 0 Å². The number of benzene rings is 2. The fourth-order valence-corrected chi connectivity index (χ4v) is 4.48. The molecule has 1 aliphatic carbocycles. The molecular weight excluding hydrogens is 537 g/mol. The van der Waals surface area contributed by atoms with Crippen molar-refractivity contribution in [3.8, 4) is 0 Å². The molecule has 2 aromatic carbocycles. The van der Waals surface area contributed by atoms with Crippen molar-refractivity contribution < 1.29 is 32.3 Å². The lowest BCUT2D eigenvalue weighted by molar-refractivity contribution is -0.145. The van der Waals surface area contributed by atoms with Crippen LogP contribution < -0.4 is 4.90 Å². The van der Waals surface area contributed by atoms with E-state index in [1.807, 2.05) is 6.07 Å². The molecule has 0 unspecified atom stereocenters. The number of halogens is 4. The van der Waals surface area contributed by atoms with Gasteiger partial charge in [0.05, 0.1) is 41.1 Å². The zero-order chi connectivity index (χ0) is 28.3. The Morgan fingerprint density at radius 3 is 2.62 bits per heavy atom. The number of fused-ring (bicyclic) bond motifs is 1. The molecule has 1 fully saturated rings. The molecule has 0 N–H and O–H groups in total. The molecule has 0 aliphatic heterocycles. The lowest BCUT2D eigenvalue weighted by Gasteiger charge is -2.22. The first kappa shape index (κ1) is 28.2. The van der Waals surface area contributed by atoms with E-state index in [4.69, 9.17) is 16.3 Å². The number of carbonyl (C=O) groups is 3. The highest BCUT2D eigenvalue weighted by atomic mass is 35.5. The topological polar surface area (TPSA) is 84.7 Å². The summed E-state index contributed by atoms with van der Waals surface area (Å²) >= 11 is 5.77. The summed E-state index contributed by atoms with van der Waals surface area (Å²) < 4.78 is 47.9. The van der Waals surface area contributed by atoms with Crippen LogP contribution in [0.4, 0.5) is 18.9 Å². The maximum atomic E-state index is 13.6. The maximum absolute atomic E-state index is 13.6. The van der Waals surface area contributed by atoms with E-state index in [2.05, 4.69) is 9.55 Å². The smallest absolute Gasteiger partial charge is 0.418 e. The van der Waals surface area contributed by atoms with Crippen molar-refractivity contribution in [2.24, 2.45) is 5.92 Å². The van der Waals surface area contributed by atoms with Crippen LogP contribution in [-0.4, -0.2) is 46.4 Å². The number of hydrogen-bond donors (Lipinski definition) is 0. The number of esters is 1. The molecule has 8 nitrogen and oxygen atoms in total. The predicted molar refractivity (Wildman–Crippen MR) is 139 cm³/mol. The van der Waals surface area contributed by atoms with Crippen molar-refractivity contribution >= 4 is 46.6 Å². The van der Waals surface area contributed by atoms with Crippen LogP contribution in [0, 0.1) is 5.92 Å². The van der Waals surface area contributed by atoms with E-state index >= 15 is 0 Å². The van der Waals surface area contributed by atoms with E-state index in [9.17, 15) is 27.6 Å². The molecule has 39 heavy (non-hydrogen) atoms. The number of carbonyl (C=O) groups excluding carboxylic acids is 3. The minimum atomic E-state index is -4.82. The zero-order valence-corrected chi connectivity index (χ0v) is 22.0. The Bertz CT molecular complexity index is 1430. The summed E-state index contributed by atoms with van der Waals surface area (Å²) in [6, 6.07) is 8.89. The Balaban J connectivity index is 1.64. The number of aromatic nitrogens is 2. The molecule has 206 valence electrons. The molecule has 0 saturated heterocycles. The fourth-order valence-electron chi connectivity index (χ4n) is 4.18. The molecule has 4 rings (SSSR count). The molecule has 3 aromatic rings. The Kier molecular flexibility index (Phi) is 8.29. The molecule has 1 aromatic heterocycles. The summed E-state index contributed by atoms with van der Waals surface area (Å²) in [6.07, 6.45) is 0.584. The van der Waals surface area contributed by atoms with Gasteiger partial charge in [-0.1, -0.05) is 23.7 Å². The first-order valence-electron chi connectivity index (χ1n) is 12.2. The first-order valence-corrected chi connectivity index (χ1v) is 12.6. The van der Waals surface area contributed by atoms with Crippen LogP contribution in [0.3, 0.4) is 0 Å². The summed E-state index contributed by atoms with van der Waals surface area (Å²) in [5.74, 6) is -1.50. The summed E-state index contributed by atoms with van der Waals surface area (Å²) in [6.45, 7) is 1.60. The van der Waals surface area contributed by atoms with Crippen molar-refractivity contribution in [2.75, 3.05) is 18.6 Å². The van der Waals surface area contributed by atoms with Crippen LogP contribution in [-0.2, 0) is 38.4 Å². The molecular formula is C27H26ClF3N4O4. The van der Waals surface area contributed by atoms with E-state index < -0.39 is 46.3 Å². The molecule has 12 heteroatoms. The quantitative estimate of drug-likeness (QED) is 0.111. The summed E-state index contributed by atoms with van der Waals surface area (Å²) in [7, 11) is 1.58. The second-order valence-electron chi connectivity index (χ2n) is 9.20. The maximum Gasteiger partial charge on any atom is 0.418 e. The van der Waals surface area contributed by atoms with Crippen molar-refractivity contribution in [3.05, 3.63) is 70.6 Å². The van der Waals surface area contributed by atoms with E-state index in [-0.39, 0.29) is 13.0 Å². The van der Waals surface area contributed by atoms with Crippen LogP contribution in [0.25, 0.3) is 11.0 Å². The van der Waals surface area contributed by atoms with Crippen molar-refractivity contribution in [1.29, 1.82) is 0 Å². The lowest BCUT2D eigenvalue weighted by Crippen LogP contribution is -2.35. The Hall–Kier alpha value is -3.86. The second kappa shape index (κ2) is 11.5. The first-order chi connectivity index (χ1) is 18.5. The molecule has 1 heterocycles. The van der Waals surface area contributed by atoms with Gasteiger partial charge in [0, 0.05) is 25.5 Å². The minimum Gasteiger partial charge on any atom is -0.462 e. The molecule has 2 amide bonds. The molecule has 1 saturated carbocycles. The molecule has 1 aliphatic rings. The van der Waals surface area contributed by atoms with E-state index in [0.717, 1.165) is 24.2 Å². The number of alkyl halides is 3. The van der Waals surface area contributed by atoms with Crippen molar-refractivity contribution in [3.63, 3.8) is 0 Å². The molecule has 0 bridgehead atoms.